The first-order valence-electron chi connectivity index (χ1n) is 9.34. The minimum atomic E-state index is 0.0235. The van der Waals surface area contributed by atoms with Crippen LogP contribution in [0.1, 0.15) is 43.0 Å². The molecule has 0 fully saturated rings. The number of rotatable bonds is 3. The number of thioether (sulfide) groups is 1. The van der Waals surface area contributed by atoms with Crippen LogP contribution in [0, 0.1) is 0 Å². The zero-order valence-electron chi connectivity index (χ0n) is 15.3. The highest BCUT2D eigenvalue weighted by molar-refractivity contribution is 7.99. The molecule has 5 rings (SSSR count). The molecule has 5 nitrogen and oxygen atoms in total. The van der Waals surface area contributed by atoms with E-state index in [0.29, 0.717) is 11.7 Å². The van der Waals surface area contributed by atoms with E-state index < -0.39 is 0 Å². The maximum absolute atomic E-state index is 13.7. The van der Waals surface area contributed by atoms with E-state index >= 15 is 0 Å². The third-order valence-corrected chi connectivity index (χ3v) is 7.32. The molecule has 1 atom stereocenters. The van der Waals surface area contributed by atoms with Crippen molar-refractivity contribution >= 4 is 39.1 Å². The van der Waals surface area contributed by atoms with Gasteiger partial charge in [-0.1, -0.05) is 43.8 Å². The summed E-state index contributed by atoms with van der Waals surface area (Å²) in [5.74, 6) is 1.92. The van der Waals surface area contributed by atoms with E-state index in [1.165, 1.54) is 16.9 Å². The normalized spacial score (nSPS) is 16.9. The summed E-state index contributed by atoms with van der Waals surface area (Å²) in [5.41, 5.74) is 2.10. The number of nitrogens with zero attached hydrogens (tertiary/aromatic N) is 4. The van der Waals surface area contributed by atoms with Gasteiger partial charge in [-0.3, -0.25) is 4.79 Å². The number of para-hydroxylation sites is 1. The van der Waals surface area contributed by atoms with E-state index in [-0.39, 0.29) is 5.56 Å². The van der Waals surface area contributed by atoms with Crippen molar-refractivity contribution in [1.29, 1.82) is 0 Å². The summed E-state index contributed by atoms with van der Waals surface area (Å²) in [6.45, 7) is 4.35. The number of hydrogen-bond donors (Lipinski definition) is 0. The molecule has 0 saturated heterocycles. The second-order valence-electron chi connectivity index (χ2n) is 6.94. The topological polar surface area (TPSA) is 52.2 Å². The summed E-state index contributed by atoms with van der Waals surface area (Å²) in [5, 5.41) is 10.5. The van der Waals surface area contributed by atoms with Gasteiger partial charge in [0, 0.05) is 4.88 Å². The molecule has 0 bridgehead atoms. The zero-order valence-corrected chi connectivity index (χ0v) is 16.9. The van der Waals surface area contributed by atoms with E-state index in [4.69, 9.17) is 0 Å². The zero-order chi connectivity index (χ0) is 18.5. The first kappa shape index (κ1) is 17.0. The van der Waals surface area contributed by atoms with Crippen molar-refractivity contribution in [2.45, 2.75) is 44.2 Å². The third kappa shape index (κ3) is 2.48. The molecular weight excluding hydrogens is 376 g/mol. The average molecular weight is 397 g/mol. The summed E-state index contributed by atoms with van der Waals surface area (Å²) in [6.07, 6.45) is 3.39. The molecule has 0 N–H and O–H groups in total. The molecule has 138 valence electrons. The molecule has 7 heteroatoms. The molecule has 4 aromatic rings. The molecule has 0 unspecified atom stereocenters. The van der Waals surface area contributed by atoms with Gasteiger partial charge in [-0.05, 0) is 48.6 Å². The molecule has 0 radical (unpaired) electrons. The van der Waals surface area contributed by atoms with E-state index in [9.17, 15) is 4.79 Å². The average Bonchev–Trinajstić information content (AvgIpc) is 3.26. The smallest absolute Gasteiger partial charge is 0.268 e. The highest BCUT2D eigenvalue weighted by atomic mass is 32.2. The molecule has 0 amide bonds. The van der Waals surface area contributed by atoms with Crippen molar-refractivity contribution in [2.24, 2.45) is 0 Å². The van der Waals surface area contributed by atoms with Crippen molar-refractivity contribution < 1.29 is 0 Å². The van der Waals surface area contributed by atoms with Crippen molar-refractivity contribution in [1.82, 2.24) is 19.2 Å². The van der Waals surface area contributed by atoms with Crippen LogP contribution in [0.5, 0.6) is 0 Å². The maximum Gasteiger partial charge on any atom is 0.268 e. The van der Waals surface area contributed by atoms with Crippen LogP contribution in [0.4, 0.5) is 0 Å². The number of aryl methyl sites for hydroxylation is 1. The largest absolute Gasteiger partial charge is 0.268 e. The van der Waals surface area contributed by atoms with Gasteiger partial charge in [-0.25, -0.2) is 8.97 Å². The van der Waals surface area contributed by atoms with Crippen LogP contribution in [0.15, 0.2) is 40.3 Å². The SMILES string of the molecule is CCSc1nnc2n(-c3ccccc3)c(=O)c3c4c(sc3n12)CCC[C@@H]4C. The van der Waals surface area contributed by atoms with Gasteiger partial charge in [0.05, 0.1) is 11.1 Å². The fraction of sp³-hybridized carbons (Fsp3) is 0.350. The van der Waals surface area contributed by atoms with Gasteiger partial charge < -0.3 is 0 Å². The van der Waals surface area contributed by atoms with Crippen LogP contribution < -0.4 is 5.56 Å². The Morgan fingerprint density at radius 2 is 2.07 bits per heavy atom. The summed E-state index contributed by atoms with van der Waals surface area (Å²) in [6, 6.07) is 9.77. The van der Waals surface area contributed by atoms with Crippen LogP contribution in [-0.2, 0) is 6.42 Å². The molecule has 1 aromatic carbocycles. The molecule has 0 spiro atoms. The summed E-state index contributed by atoms with van der Waals surface area (Å²) >= 11 is 3.42. The van der Waals surface area contributed by atoms with Gasteiger partial charge in [-0.2, -0.15) is 0 Å². The summed E-state index contributed by atoms with van der Waals surface area (Å²) in [4.78, 5) is 16.0. The number of hydrogen-bond acceptors (Lipinski definition) is 5. The first-order valence-corrected chi connectivity index (χ1v) is 11.1. The summed E-state index contributed by atoms with van der Waals surface area (Å²) < 4.78 is 3.82. The lowest BCUT2D eigenvalue weighted by Gasteiger charge is -2.18. The van der Waals surface area contributed by atoms with Crippen LogP contribution in [0.2, 0.25) is 0 Å². The molecule has 1 aliphatic rings. The van der Waals surface area contributed by atoms with Crippen molar-refractivity contribution in [3.63, 3.8) is 0 Å². The number of thiophene rings is 1. The predicted molar refractivity (Wildman–Crippen MR) is 112 cm³/mol. The Morgan fingerprint density at radius 1 is 1.26 bits per heavy atom. The van der Waals surface area contributed by atoms with Crippen LogP contribution in [-0.4, -0.2) is 24.9 Å². The van der Waals surface area contributed by atoms with Crippen molar-refractivity contribution in [3.05, 3.63) is 51.1 Å². The van der Waals surface area contributed by atoms with E-state index in [1.807, 2.05) is 30.3 Å². The lowest BCUT2D eigenvalue weighted by molar-refractivity contribution is 0.601. The molecule has 3 aromatic heterocycles. The predicted octanol–water partition coefficient (Wildman–Crippen LogP) is 4.65. The molecule has 1 aliphatic carbocycles. The van der Waals surface area contributed by atoms with Crippen LogP contribution in [0.3, 0.4) is 0 Å². The Labute approximate surface area is 165 Å². The Balaban J connectivity index is 1.98. The van der Waals surface area contributed by atoms with Gasteiger partial charge in [0.1, 0.15) is 4.83 Å². The Bertz CT molecular complexity index is 1210. The second-order valence-corrected chi connectivity index (χ2v) is 9.25. The van der Waals surface area contributed by atoms with Gasteiger partial charge in [-0.15, -0.1) is 21.5 Å². The monoisotopic (exact) mass is 396 g/mol. The third-order valence-electron chi connectivity index (χ3n) is 5.26. The minimum Gasteiger partial charge on any atom is -0.268 e. The fourth-order valence-corrected chi connectivity index (χ4v) is 6.25. The number of fused-ring (bicyclic) bond motifs is 5. The van der Waals surface area contributed by atoms with Gasteiger partial charge in [0.25, 0.3) is 5.56 Å². The summed E-state index contributed by atoms with van der Waals surface area (Å²) in [7, 11) is 0. The highest BCUT2D eigenvalue weighted by Gasteiger charge is 2.28. The lowest BCUT2D eigenvalue weighted by Crippen LogP contribution is -2.22. The number of benzene rings is 1. The minimum absolute atomic E-state index is 0.0235. The van der Waals surface area contributed by atoms with Gasteiger partial charge in [0.15, 0.2) is 5.16 Å². The quantitative estimate of drug-likeness (QED) is 0.473. The van der Waals surface area contributed by atoms with Crippen LogP contribution in [0.25, 0.3) is 21.7 Å². The van der Waals surface area contributed by atoms with Crippen molar-refractivity contribution in [2.75, 3.05) is 5.75 Å². The molecule has 3 heterocycles. The van der Waals surface area contributed by atoms with E-state index in [0.717, 1.165) is 39.7 Å². The Kier molecular flexibility index (Phi) is 4.09. The van der Waals surface area contributed by atoms with Gasteiger partial charge in [0.2, 0.25) is 5.78 Å². The first-order chi connectivity index (χ1) is 13.2. The highest BCUT2D eigenvalue weighted by Crippen LogP contribution is 2.41. The standard InChI is InChI=1S/C20H20N4OS2/c1-3-26-20-22-21-19-23(13-9-5-4-6-10-13)17(25)16-15-12(2)8-7-11-14(15)27-18(16)24(19)20/h4-6,9-10,12H,3,7-8,11H2,1-2H3/t12-/m0/s1. The lowest BCUT2D eigenvalue weighted by atomic mass is 9.88. The van der Waals surface area contributed by atoms with Crippen LogP contribution >= 0.6 is 23.1 Å². The fourth-order valence-electron chi connectivity index (χ4n) is 4.08. The molecule has 0 saturated carbocycles. The Morgan fingerprint density at radius 3 is 2.85 bits per heavy atom. The Hall–Kier alpha value is -2.12. The van der Waals surface area contributed by atoms with E-state index in [1.54, 1.807) is 27.7 Å². The van der Waals surface area contributed by atoms with Gasteiger partial charge >= 0.3 is 0 Å². The molecule has 0 aliphatic heterocycles. The van der Waals surface area contributed by atoms with Crippen molar-refractivity contribution in [3.8, 4) is 5.69 Å². The maximum atomic E-state index is 13.7. The second kappa shape index (κ2) is 6.49. The molecule has 27 heavy (non-hydrogen) atoms. The molecular formula is C20H20N4OS2. The number of aromatic nitrogens is 4. The van der Waals surface area contributed by atoms with E-state index in [2.05, 4.69) is 28.4 Å².